The van der Waals surface area contributed by atoms with Crippen molar-refractivity contribution in [1.82, 2.24) is 25.1 Å². The quantitative estimate of drug-likeness (QED) is 0.744. The van der Waals surface area contributed by atoms with Crippen LogP contribution in [-0.2, 0) is 7.05 Å². The molecular weight excluding hydrogens is 342 g/mol. The van der Waals surface area contributed by atoms with Gasteiger partial charge in [0.15, 0.2) is 5.82 Å². The molecule has 3 aromatic rings. The Hall–Kier alpha value is -3.42. The Kier molecular flexibility index (Phi) is 4.69. The summed E-state index contributed by atoms with van der Waals surface area (Å²) >= 11 is 0. The van der Waals surface area contributed by atoms with E-state index in [0.29, 0.717) is 12.4 Å². The SMILES string of the molecule is Cn1nnnc1-c1cccc(NC(=O)N2CCC(Nc3ccccc3)C2)c1. The number of urea groups is 1. The molecule has 138 valence electrons. The van der Waals surface area contributed by atoms with E-state index < -0.39 is 0 Å². The van der Waals surface area contributed by atoms with Crippen molar-refractivity contribution in [3.8, 4) is 11.4 Å². The molecule has 0 spiro atoms. The van der Waals surface area contributed by atoms with Crippen molar-refractivity contribution in [1.29, 1.82) is 0 Å². The average Bonchev–Trinajstić information content (AvgIpc) is 3.32. The zero-order chi connectivity index (χ0) is 18.6. The van der Waals surface area contributed by atoms with Crippen LogP contribution in [0.1, 0.15) is 6.42 Å². The van der Waals surface area contributed by atoms with Crippen molar-refractivity contribution in [3.05, 3.63) is 54.6 Å². The molecule has 2 N–H and O–H groups in total. The molecule has 2 amide bonds. The summed E-state index contributed by atoms with van der Waals surface area (Å²) in [6.45, 7) is 1.40. The van der Waals surface area contributed by atoms with E-state index in [0.717, 1.165) is 29.9 Å². The van der Waals surface area contributed by atoms with Gasteiger partial charge in [-0.3, -0.25) is 0 Å². The van der Waals surface area contributed by atoms with Gasteiger partial charge in [-0.05, 0) is 41.1 Å². The van der Waals surface area contributed by atoms with Crippen molar-refractivity contribution in [3.63, 3.8) is 0 Å². The van der Waals surface area contributed by atoms with E-state index in [2.05, 4.69) is 26.2 Å². The predicted octanol–water partition coefficient (Wildman–Crippen LogP) is 2.60. The van der Waals surface area contributed by atoms with Crippen LogP contribution >= 0.6 is 0 Å². The predicted molar refractivity (Wildman–Crippen MR) is 103 cm³/mol. The number of benzene rings is 2. The minimum atomic E-state index is -0.0967. The molecule has 0 aliphatic carbocycles. The number of nitrogens with one attached hydrogen (secondary N) is 2. The molecule has 4 rings (SSSR count). The maximum atomic E-state index is 12.6. The number of tetrazole rings is 1. The summed E-state index contributed by atoms with van der Waals surface area (Å²) in [5.41, 5.74) is 2.65. The molecule has 1 unspecified atom stereocenters. The summed E-state index contributed by atoms with van der Waals surface area (Å²) in [7, 11) is 1.78. The normalized spacial score (nSPS) is 16.3. The van der Waals surface area contributed by atoms with Gasteiger partial charge in [-0.1, -0.05) is 30.3 Å². The molecule has 1 saturated heterocycles. The molecule has 2 heterocycles. The Morgan fingerprint density at radius 1 is 1.11 bits per heavy atom. The van der Waals surface area contributed by atoms with Crippen LogP contribution in [0.3, 0.4) is 0 Å². The van der Waals surface area contributed by atoms with Crippen LogP contribution in [0.25, 0.3) is 11.4 Å². The van der Waals surface area contributed by atoms with Gasteiger partial charge in [-0.25, -0.2) is 9.48 Å². The molecule has 8 nitrogen and oxygen atoms in total. The maximum Gasteiger partial charge on any atom is 0.321 e. The Labute approximate surface area is 157 Å². The van der Waals surface area contributed by atoms with Gasteiger partial charge in [-0.2, -0.15) is 0 Å². The summed E-state index contributed by atoms with van der Waals surface area (Å²) in [6.07, 6.45) is 0.924. The zero-order valence-electron chi connectivity index (χ0n) is 15.0. The fourth-order valence-corrected chi connectivity index (χ4v) is 3.25. The Morgan fingerprint density at radius 3 is 2.70 bits per heavy atom. The largest absolute Gasteiger partial charge is 0.380 e. The van der Waals surface area contributed by atoms with Gasteiger partial charge in [-0.15, -0.1) is 5.10 Å². The van der Waals surface area contributed by atoms with Crippen molar-refractivity contribution in [2.45, 2.75) is 12.5 Å². The third-order valence-electron chi connectivity index (χ3n) is 4.61. The second kappa shape index (κ2) is 7.45. The van der Waals surface area contributed by atoms with Gasteiger partial charge in [0.2, 0.25) is 0 Å². The van der Waals surface area contributed by atoms with Crippen LogP contribution < -0.4 is 10.6 Å². The first-order valence-electron chi connectivity index (χ1n) is 8.89. The van der Waals surface area contributed by atoms with Gasteiger partial charge in [0.05, 0.1) is 0 Å². The number of amides is 2. The first-order valence-corrected chi connectivity index (χ1v) is 8.89. The van der Waals surface area contributed by atoms with Crippen molar-refractivity contribution in [2.24, 2.45) is 7.05 Å². The molecule has 27 heavy (non-hydrogen) atoms. The van der Waals surface area contributed by atoms with Crippen LogP contribution in [0.4, 0.5) is 16.2 Å². The van der Waals surface area contributed by atoms with Crippen molar-refractivity contribution < 1.29 is 4.79 Å². The molecule has 1 atom stereocenters. The summed E-state index contributed by atoms with van der Waals surface area (Å²) in [4.78, 5) is 14.4. The number of hydrogen-bond donors (Lipinski definition) is 2. The fourth-order valence-electron chi connectivity index (χ4n) is 3.25. The van der Waals surface area contributed by atoms with Gasteiger partial charge in [0.25, 0.3) is 0 Å². The molecule has 0 bridgehead atoms. The standard InChI is InChI=1S/C19H21N7O/c1-25-18(22-23-24-25)14-6-5-9-16(12-14)21-19(27)26-11-10-17(13-26)20-15-7-3-2-4-8-15/h2-9,12,17,20H,10-11,13H2,1H3,(H,21,27). The molecule has 2 aromatic carbocycles. The van der Waals surface area contributed by atoms with E-state index >= 15 is 0 Å². The minimum absolute atomic E-state index is 0.0967. The Bertz CT molecular complexity index is 925. The molecule has 1 aliphatic heterocycles. The summed E-state index contributed by atoms with van der Waals surface area (Å²) in [5, 5.41) is 17.9. The van der Waals surface area contributed by atoms with Crippen molar-refractivity contribution in [2.75, 3.05) is 23.7 Å². The highest BCUT2D eigenvalue weighted by molar-refractivity contribution is 5.90. The van der Waals surface area contributed by atoms with Gasteiger partial charge in [0.1, 0.15) is 0 Å². The number of carbonyl (C=O) groups excluding carboxylic acids is 1. The number of carbonyl (C=O) groups is 1. The fraction of sp³-hybridized carbons (Fsp3) is 0.263. The van der Waals surface area contributed by atoms with E-state index in [9.17, 15) is 4.79 Å². The lowest BCUT2D eigenvalue weighted by Gasteiger charge is -2.18. The maximum absolute atomic E-state index is 12.6. The average molecular weight is 363 g/mol. The summed E-state index contributed by atoms with van der Waals surface area (Å²) < 4.78 is 1.60. The van der Waals surface area contributed by atoms with Crippen LogP contribution in [0.5, 0.6) is 0 Å². The summed E-state index contributed by atoms with van der Waals surface area (Å²) in [6, 6.07) is 17.8. The highest BCUT2D eigenvalue weighted by Crippen LogP contribution is 2.21. The number of aryl methyl sites for hydroxylation is 1. The smallest absolute Gasteiger partial charge is 0.321 e. The minimum Gasteiger partial charge on any atom is -0.380 e. The van der Waals surface area contributed by atoms with Crippen LogP contribution in [0, 0.1) is 0 Å². The number of nitrogens with zero attached hydrogens (tertiary/aromatic N) is 5. The van der Waals surface area contributed by atoms with Crippen LogP contribution in [0.2, 0.25) is 0 Å². The molecule has 0 radical (unpaired) electrons. The number of aromatic nitrogens is 4. The second-order valence-electron chi connectivity index (χ2n) is 6.58. The molecule has 1 aliphatic rings. The van der Waals surface area contributed by atoms with Crippen LogP contribution in [-0.4, -0.2) is 50.3 Å². The lowest BCUT2D eigenvalue weighted by atomic mass is 10.2. The van der Waals surface area contributed by atoms with Gasteiger partial charge in [0, 0.05) is 43.1 Å². The number of anilines is 2. The van der Waals surface area contributed by atoms with Crippen molar-refractivity contribution >= 4 is 17.4 Å². The molecule has 0 saturated carbocycles. The van der Waals surface area contributed by atoms with E-state index in [-0.39, 0.29) is 12.1 Å². The van der Waals surface area contributed by atoms with Gasteiger partial charge < -0.3 is 15.5 Å². The lowest BCUT2D eigenvalue weighted by Crippen LogP contribution is -2.34. The molecule has 8 heteroatoms. The highest BCUT2D eigenvalue weighted by Gasteiger charge is 2.26. The lowest BCUT2D eigenvalue weighted by molar-refractivity contribution is 0.222. The number of para-hydroxylation sites is 1. The molecule has 1 aromatic heterocycles. The van der Waals surface area contributed by atoms with Gasteiger partial charge >= 0.3 is 6.03 Å². The monoisotopic (exact) mass is 363 g/mol. The van der Waals surface area contributed by atoms with E-state index in [4.69, 9.17) is 0 Å². The third-order valence-corrected chi connectivity index (χ3v) is 4.61. The van der Waals surface area contributed by atoms with Crippen LogP contribution in [0.15, 0.2) is 54.6 Å². The Balaban J connectivity index is 1.38. The Morgan fingerprint density at radius 2 is 1.93 bits per heavy atom. The molecule has 1 fully saturated rings. The summed E-state index contributed by atoms with van der Waals surface area (Å²) in [5.74, 6) is 0.652. The topological polar surface area (TPSA) is 88.0 Å². The molecular formula is C19H21N7O. The number of likely N-dealkylation sites (tertiary alicyclic amines) is 1. The zero-order valence-corrected chi connectivity index (χ0v) is 15.0. The van der Waals surface area contributed by atoms with E-state index in [1.807, 2.05) is 59.5 Å². The highest BCUT2D eigenvalue weighted by atomic mass is 16.2. The first-order chi connectivity index (χ1) is 13.2. The number of rotatable bonds is 4. The second-order valence-corrected chi connectivity index (χ2v) is 6.58. The van der Waals surface area contributed by atoms with E-state index in [1.54, 1.807) is 11.7 Å². The van der Waals surface area contributed by atoms with E-state index in [1.165, 1.54) is 0 Å². The number of hydrogen-bond acceptors (Lipinski definition) is 5. The first kappa shape index (κ1) is 17.0. The third kappa shape index (κ3) is 3.89.